The zero-order chi connectivity index (χ0) is 21.0. The van der Waals surface area contributed by atoms with Crippen molar-refractivity contribution >= 4 is 23.2 Å². The van der Waals surface area contributed by atoms with Gasteiger partial charge in [0.2, 0.25) is 11.8 Å². The highest BCUT2D eigenvalue weighted by molar-refractivity contribution is 5.93. The summed E-state index contributed by atoms with van der Waals surface area (Å²) in [7, 11) is 0. The number of anilines is 2. The van der Waals surface area contributed by atoms with E-state index in [0.29, 0.717) is 6.54 Å². The van der Waals surface area contributed by atoms with Crippen molar-refractivity contribution < 1.29 is 18.4 Å². The average molecular weight is 401 g/mol. The van der Waals surface area contributed by atoms with Crippen molar-refractivity contribution in [3.63, 3.8) is 0 Å². The van der Waals surface area contributed by atoms with Gasteiger partial charge in [0.1, 0.15) is 11.6 Å². The molecule has 2 N–H and O–H groups in total. The van der Waals surface area contributed by atoms with E-state index in [4.69, 9.17) is 0 Å². The number of hydrogen-bond acceptors (Lipinski definition) is 3. The summed E-state index contributed by atoms with van der Waals surface area (Å²) in [5.41, 5.74) is 2.65. The van der Waals surface area contributed by atoms with Crippen molar-refractivity contribution in [1.29, 1.82) is 0 Å². The topological polar surface area (TPSA) is 61.4 Å². The molecule has 0 bridgehead atoms. The number of halogens is 2. The van der Waals surface area contributed by atoms with Crippen LogP contribution in [0.25, 0.3) is 0 Å². The number of benzene rings is 2. The molecular formula is C22H25F2N3O2. The number of nitrogens with one attached hydrogen (secondary N) is 2. The zero-order valence-electron chi connectivity index (χ0n) is 16.6. The third-order valence-electron chi connectivity index (χ3n) is 4.91. The van der Waals surface area contributed by atoms with Crippen molar-refractivity contribution in [2.75, 3.05) is 23.7 Å². The van der Waals surface area contributed by atoms with Crippen molar-refractivity contribution in [3.8, 4) is 0 Å². The molecule has 1 aliphatic rings. The molecule has 0 saturated heterocycles. The van der Waals surface area contributed by atoms with Gasteiger partial charge < -0.3 is 10.6 Å². The highest BCUT2D eigenvalue weighted by Gasteiger charge is 2.30. The normalized spacial score (nSPS) is 13.4. The van der Waals surface area contributed by atoms with Gasteiger partial charge in [0, 0.05) is 30.8 Å². The lowest BCUT2D eigenvalue weighted by Crippen LogP contribution is -2.37. The molecule has 1 fully saturated rings. The van der Waals surface area contributed by atoms with Gasteiger partial charge in [-0.15, -0.1) is 0 Å². The van der Waals surface area contributed by atoms with E-state index in [1.807, 2.05) is 36.9 Å². The lowest BCUT2D eigenvalue weighted by molar-refractivity contribution is -0.119. The molecule has 29 heavy (non-hydrogen) atoms. The fraction of sp³-hybridized carbons (Fsp3) is 0.364. The highest BCUT2D eigenvalue weighted by Crippen LogP contribution is 2.27. The first kappa shape index (κ1) is 20.9. The number of nitrogens with zero attached hydrogens (tertiary/aromatic N) is 1. The lowest BCUT2D eigenvalue weighted by atomic mass is 10.1. The highest BCUT2D eigenvalue weighted by atomic mass is 19.1. The summed E-state index contributed by atoms with van der Waals surface area (Å²) in [6.07, 6.45) is 2.05. The van der Waals surface area contributed by atoms with Gasteiger partial charge in [-0.25, -0.2) is 8.78 Å². The minimum atomic E-state index is -0.688. The monoisotopic (exact) mass is 401 g/mol. The minimum Gasteiger partial charge on any atom is -0.325 e. The third kappa shape index (κ3) is 6.09. The molecule has 0 heterocycles. The Morgan fingerprint density at radius 2 is 1.72 bits per heavy atom. The fourth-order valence-corrected chi connectivity index (χ4v) is 3.13. The average Bonchev–Trinajstić information content (AvgIpc) is 3.50. The minimum absolute atomic E-state index is 0.0865. The van der Waals surface area contributed by atoms with E-state index in [9.17, 15) is 18.4 Å². The van der Waals surface area contributed by atoms with Crippen molar-refractivity contribution in [3.05, 3.63) is 59.2 Å². The van der Waals surface area contributed by atoms with Crippen LogP contribution in [0.4, 0.5) is 20.2 Å². The number of rotatable bonds is 8. The van der Waals surface area contributed by atoms with Crippen LogP contribution in [0.5, 0.6) is 0 Å². The first-order valence-electron chi connectivity index (χ1n) is 9.68. The van der Waals surface area contributed by atoms with Crippen LogP contribution in [-0.2, 0) is 9.59 Å². The summed E-state index contributed by atoms with van der Waals surface area (Å²) in [5, 5.41) is 5.32. The van der Waals surface area contributed by atoms with Crippen LogP contribution < -0.4 is 10.6 Å². The molecule has 0 aromatic heterocycles. The van der Waals surface area contributed by atoms with Gasteiger partial charge in [-0.3, -0.25) is 14.5 Å². The maximum atomic E-state index is 13.7. The lowest BCUT2D eigenvalue weighted by Gasteiger charge is -2.21. The predicted molar refractivity (Wildman–Crippen MR) is 109 cm³/mol. The maximum absolute atomic E-state index is 13.7. The van der Waals surface area contributed by atoms with Gasteiger partial charge >= 0.3 is 0 Å². The molecule has 2 aromatic rings. The quantitative estimate of drug-likeness (QED) is 0.703. The molecule has 0 unspecified atom stereocenters. The first-order chi connectivity index (χ1) is 13.8. The Morgan fingerprint density at radius 3 is 2.45 bits per heavy atom. The molecule has 2 aromatic carbocycles. The van der Waals surface area contributed by atoms with Gasteiger partial charge in [0.15, 0.2) is 0 Å². The van der Waals surface area contributed by atoms with Crippen LogP contribution in [0.15, 0.2) is 36.4 Å². The molecule has 1 saturated carbocycles. The van der Waals surface area contributed by atoms with E-state index in [0.717, 1.165) is 47.9 Å². The summed E-state index contributed by atoms with van der Waals surface area (Å²) in [5.74, 6) is -1.87. The molecular weight excluding hydrogens is 376 g/mol. The van der Waals surface area contributed by atoms with Crippen molar-refractivity contribution in [2.45, 2.75) is 39.2 Å². The van der Waals surface area contributed by atoms with Crippen LogP contribution in [0, 0.1) is 25.5 Å². The van der Waals surface area contributed by atoms with Gasteiger partial charge in [-0.2, -0.15) is 0 Å². The standard InChI is InChI=1S/C22H25F2N3O2/c1-14-3-4-15(2)19(11-14)25-22(29)13-27(17-6-7-17)10-9-21(28)26-20-12-16(23)5-8-18(20)24/h3-5,8,11-12,17H,6-7,9-10,13H2,1-2H3,(H,25,29)(H,26,28). The molecule has 154 valence electrons. The number of aryl methyl sites for hydroxylation is 2. The van der Waals surface area contributed by atoms with Gasteiger partial charge in [-0.1, -0.05) is 12.1 Å². The van der Waals surface area contributed by atoms with Crippen molar-refractivity contribution in [2.24, 2.45) is 0 Å². The number of carbonyl (C=O) groups excluding carboxylic acids is 2. The molecule has 0 radical (unpaired) electrons. The van der Waals surface area contributed by atoms with E-state index in [2.05, 4.69) is 10.6 Å². The van der Waals surface area contributed by atoms with Gasteiger partial charge in [-0.05, 0) is 56.0 Å². The fourth-order valence-electron chi connectivity index (χ4n) is 3.13. The Morgan fingerprint density at radius 1 is 1.00 bits per heavy atom. The van der Waals surface area contributed by atoms with Gasteiger partial charge in [0.05, 0.1) is 12.2 Å². The Bertz CT molecular complexity index is 913. The molecule has 7 heteroatoms. The van der Waals surface area contributed by atoms with Crippen LogP contribution in [0.1, 0.15) is 30.4 Å². The van der Waals surface area contributed by atoms with E-state index in [-0.39, 0.29) is 30.6 Å². The van der Waals surface area contributed by atoms with Crippen molar-refractivity contribution in [1.82, 2.24) is 4.90 Å². The Labute approximate surface area is 169 Å². The largest absolute Gasteiger partial charge is 0.325 e. The van der Waals surface area contributed by atoms with E-state index >= 15 is 0 Å². The second kappa shape index (κ2) is 9.13. The Hall–Kier alpha value is -2.80. The molecule has 2 amide bonds. The molecule has 3 rings (SSSR count). The van der Waals surface area contributed by atoms with E-state index in [1.165, 1.54) is 0 Å². The molecule has 0 spiro atoms. The summed E-state index contributed by atoms with van der Waals surface area (Å²) >= 11 is 0. The molecule has 0 atom stereocenters. The number of amides is 2. The second-order valence-electron chi connectivity index (χ2n) is 7.49. The number of hydrogen-bond donors (Lipinski definition) is 2. The SMILES string of the molecule is Cc1ccc(C)c(NC(=O)CN(CCC(=O)Nc2cc(F)ccc2F)C2CC2)c1. The summed E-state index contributed by atoms with van der Waals surface area (Å²) in [6.45, 7) is 4.45. The smallest absolute Gasteiger partial charge is 0.238 e. The summed E-state index contributed by atoms with van der Waals surface area (Å²) in [6, 6.07) is 9.06. The van der Waals surface area contributed by atoms with Crippen LogP contribution in [-0.4, -0.2) is 35.8 Å². The Balaban J connectivity index is 1.53. The second-order valence-corrected chi connectivity index (χ2v) is 7.49. The maximum Gasteiger partial charge on any atom is 0.238 e. The van der Waals surface area contributed by atoms with E-state index < -0.39 is 17.5 Å². The third-order valence-corrected chi connectivity index (χ3v) is 4.91. The Kier molecular flexibility index (Phi) is 6.59. The van der Waals surface area contributed by atoms with Crippen LogP contribution in [0.2, 0.25) is 0 Å². The molecule has 0 aliphatic heterocycles. The predicted octanol–water partition coefficient (Wildman–Crippen LogP) is 4.01. The number of carbonyl (C=O) groups is 2. The van der Waals surface area contributed by atoms with Crippen LogP contribution in [0.3, 0.4) is 0 Å². The van der Waals surface area contributed by atoms with Crippen LogP contribution >= 0.6 is 0 Å². The molecule has 1 aliphatic carbocycles. The van der Waals surface area contributed by atoms with Gasteiger partial charge in [0.25, 0.3) is 0 Å². The summed E-state index contributed by atoms with van der Waals surface area (Å²) in [4.78, 5) is 26.6. The summed E-state index contributed by atoms with van der Waals surface area (Å²) < 4.78 is 26.9. The first-order valence-corrected chi connectivity index (χ1v) is 9.68. The molecule has 5 nitrogen and oxygen atoms in total. The van der Waals surface area contributed by atoms with E-state index in [1.54, 1.807) is 0 Å². The zero-order valence-corrected chi connectivity index (χ0v) is 16.6.